The Morgan fingerprint density at radius 3 is 2.53 bits per heavy atom. The molecule has 3 N–H and O–H groups in total. The smallest absolute Gasteiger partial charge is 0.244 e. The molecule has 0 spiro atoms. The van der Waals surface area contributed by atoms with Gasteiger partial charge < -0.3 is 15.8 Å². The first kappa shape index (κ1) is 12.9. The summed E-state index contributed by atoms with van der Waals surface area (Å²) in [6, 6.07) is 12.2. The van der Waals surface area contributed by atoms with Crippen molar-refractivity contribution in [3.8, 4) is 5.88 Å². The molecule has 5 heteroatoms. The molecule has 2 aromatic rings. The molecule has 1 unspecified atom stereocenters. The third-order valence-corrected chi connectivity index (χ3v) is 2.67. The summed E-state index contributed by atoms with van der Waals surface area (Å²) in [5, 5.41) is 3.05. The van der Waals surface area contributed by atoms with Crippen LogP contribution in [0.4, 0.5) is 5.69 Å². The molecule has 1 atom stereocenters. The molecular formula is C14H15N3O2. The average molecular weight is 257 g/mol. The number of carbonyl (C=O) groups is 1. The summed E-state index contributed by atoms with van der Waals surface area (Å²) in [6.45, 7) is 0. The van der Waals surface area contributed by atoms with Crippen molar-refractivity contribution in [2.24, 2.45) is 5.73 Å². The number of primary amides is 1. The Labute approximate surface area is 111 Å². The third-order valence-electron chi connectivity index (χ3n) is 2.67. The van der Waals surface area contributed by atoms with Crippen molar-refractivity contribution in [3.05, 3.63) is 54.2 Å². The SMILES string of the molecule is COc1ccc(NC(C(N)=O)c2ccccc2)cn1. The zero-order valence-electron chi connectivity index (χ0n) is 10.5. The molecule has 0 fully saturated rings. The number of pyridine rings is 1. The topological polar surface area (TPSA) is 77.2 Å². The molecule has 0 bridgehead atoms. The molecular weight excluding hydrogens is 242 g/mol. The second-order valence-electron chi connectivity index (χ2n) is 3.98. The van der Waals surface area contributed by atoms with Crippen molar-refractivity contribution in [2.45, 2.75) is 6.04 Å². The first-order chi connectivity index (χ1) is 9.20. The van der Waals surface area contributed by atoms with Gasteiger partial charge in [0, 0.05) is 6.07 Å². The Balaban J connectivity index is 2.19. The number of hydrogen-bond donors (Lipinski definition) is 2. The number of hydrogen-bond acceptors (Lipinski definition) is 4. The zero-order valence-corrected chi connectivity index (χ0v) is 10.5. The van der Waals surface area contributed by atoms with Gasteiger partial charge in [-0.05, 0) is 11.6 Å². The van der Waals surface area contributed by atoms with Crippen molar-refractivity contribution in [1.82, 2.24) is 4.98 Å². The van der Waals surface area contributed by atoms with E-state index < -0.39 is 11.9 Å². The Kier molecular flexibility index (Phi) is 3.97. The average Bonchev–Trinajstić information content (AvgIpc) is 2.46. The number of nitrogens with two attached hydrogens (primary N) is 1. The van der Waals surface area contributed by atoms with Crippen molar-refractivity contribution < 1.29 is 9.53 Å². The second kappa shape index (κ2) is 5.86. The maximum Gasteiger partial charge on any atom is 0.244 e. The van der Waals surface area contributed by atoms with Gasteiger partial charge in [-0.2, -0.15) is 0 Å². The lowest BCUT2D eigenvalue weighted by molar-refractivity contribution is -0.118. The van der Waals surface area contributed by atoms with Crippen LogP contribution in [0.15, 0.2) is 48.7 Å². The van der Waals surface area contributed by atoms with Crippen LogP contribution in [0, 0.1) is 0 Å². The first-order valence-electron chi connectivity index (χ1n) is 5.81. The molecule has 1 aromatic carbocycles. The summed E-state index contributed by atoms with van der Waals surface area (Å²) in [5.74, 6) is 0.0721. The van der Waals surface area contributed by atoms with Crippen LogP contribution in [0.5, 0.6) is 5.88 Å². The van der Waals surface area contributed by atoms with E-state index in [-0.39, 0.29) is 0 Å². The zero-order chi connectivity index (χ0) is 13.7. The quantitative estimate of drug-likeness (QED) is 0.855. The van der Waals surface area contributed by atoms with Gasteiger partial charge in [0.05, 0.1) is 19.0 Å². The summed E-state index contributed by atoms with van der Waals surface area (Å²) < 4.78 is 4.98. The van der Waals surface area contributed by atoms with Gasteiger partial charge in [0.25, 0.3) is 0 Å². The number of anilines is 1. The van der Waals surface area contributed by atoms with Crippen LogP contribution in [0.2, 0.25) is 0 Å². The van der Waals surface area contributed by atoms with Gasteiger partial charge in [-0.3, -0.25) is 4.79 Å². The van der Waals surface area contributed by atoms with E-state index in [4.69, 9.17) is 10.5 Å². The number of methoxy groups -OCH3 is 1. The molecule has 0 aliphatic rings. The Hall–Kier alpha value is -2.56. The Morgan fingerprint density at radius 2 is 2.00 bits per heavy atom. The molecule has 19 heavy (non-hydrogen) atoms. The van der Waals surface area contributed by atoms with Gasteiger partial charge in [0.1, 0.15) is 6.04 Å². The highest BCUT2D eigenvalue weighted by molar-refractivity contribution is 5.84. The Morgan fingerprint density at radius 1 is 1.26 bits per heavy atom. The normalized spacial score (nSPS) is 11.6. The lowest BCUT2D eigenvalue weighted by atomic mass is 10.1. The van der Waals surface area contributed by atoms with E-state index in [1.807, 2.05) is 30.3 Å². The van der Waals surface area contributed by atoms with Gasteiger partial charge >= 0.3 is 0 Å². The maximum absolute atomic E-state index is 11.5. The van der Waals surface area contributed by atoms with E-state index in [9.17, 15) is 4.79 Å². The van der Waals surface area contributed by atoms with Gasteiger partial charge in [0.2, 0.25) is 11.8 Å². The van der Waals surface area contributed by atoms with Crippen LogP contribution in [-0.4, -0.2) is 18.0 Å². The first-order valence-corrected chi connectivity index (χ1v) is 5.81. The summed E-state index contributed by atoms with van der Waals surface area (Å²) in [6.07, 6.45) is 1.59. The highest BCUT2D eigenvalue weighted by Gasteiger charge is 2.17. The molecule has 0 aliphatic carbocycles. The lowest BCUT2D eigenvalue weighted by Gasteiger charge is -2.16. The molecule has 98 valence electrons. The van der Waals surface area contributed by atoms with E-state index in [0.29, 0.717) is 11.6 Å². The van der Waals surface area contributed by atoms with E-state index in [0.717, 1.165) is 5.56 Å². The maximum atomic E-state index is 11.5. The highest BCUT2D eigenvalue weighted by atomic mass is 16.5. The van der Waals surface area contributed by atoms with Crippen molar-refractivity contribution in [1.29, 1.82) is 0 Å². The number of benzene rings is 1. The van der Waals surface area contributed by atoms with E-state index >= 15 is 0 Å². The third kappa shape index (κ3) is 3.22. The highest BCUT2D eigenvalue weighted by Crippen LogP contribution is 2.19. The number of nitrogens with one attached hydrogen (secondary N) is 1. The van der Waals surface area contributed by atoms with Crippen molar-refractivity contribution >= 4 is 11.6 Å². The number of aromatic nitrogens is 1. The van der Waals surface area contributed by atoms with E-state index in [1.165, 1.54) is 0 Å². The van der Waals surface area contributed by atoms with Crippen LogP contribution in [0.3, 0.4) is 0 Å². The van der Waals surface area contributed by atoms with Gasteiger partial charge in [0.15, 0.2) is 0 Å². The standard InChI is InChI=1S/C14H15N3O2/c1-19-12-8-7-11(9-16-12)17-13(14(15)18)10-5-3-2-4-6-10/h2-9,13,17H,1H3,(H2,15,18). The monoisotopic (exact) mass is 257 g/mol. The predicted octanol–water partition coefficient (Wildman–Crippen LogP) is 1.73. The summed E-state index contributed by atoms with van der Waals surface area (Å²) >= 11 is 0. The number of amides is 1. The predicted molar refractivity (Wildman–Crippen MR) is 72.8 cm³/mol. The lowest BCUT2D eigenvalue weighted by Crippen LogP contribution is -2.27. The Bertz CT molecular complexity index is 540. The number of nitrogens with zero attached hydrogens (tertiary/aromatic N) is 1. The van der Waals surface area contributed by atoms with Gasteiger partial charge in [-0.1, -0.05) is 30.3 Å². The largest absolute Gasteiger partial charge is 0.481 e. The van der Waals surface area contributed by atoms with Crippen LogP contribution in [-0.2, 0) is 4.79 Å². The fraction of sp³-hybridized carbons (Fsp3) is 0.143. The minimum absolute atomic E-state index is 0.443. The van der Waals surface area contributed by atoms with Crippen LogP contribution in [0.1, 0.15) is 11.6 Å². The summed E-state index contributed by atoms with van der Waals surface area (Å²) in [7, 11) is 1.55. The number of rotatable bonds is 5. The van der Waals surface area contributed by atoms with Crippen molar-refractivity contribution in [2.75, 3.05) is 12.4 Å². The molecule has 1 heterocycles. The van der Waals surface area contributed by atoms with Gasteiger partial charge in [-0.25, -0.2) is 4.98 Å². The molecule has 0 aliphatic heterocycles. The van der Waals surface area contributed by atoms with E-state index in [2.05, 4.69) is 10.3 Å². The molecule has 0 saturated carbocycles. The van der Waals surface area contributed by atoms with E-state index in [1.54, 1.807) is 25.4 Å². The van der Waals surface area contributed by atoms with Crippen LogP contribution < -0.4 is 15.8 Å². The second-order valence-corrected chi connectivity index (χ2v) is 3.98. The van der Waals surface area contributed by atoms with Crippen molar-refractivity contribution in [3.63, 3.8) is 0 Å². The number of carbonyl (C=O) groups excluding carboxylic acids is 1. The number of ether oxygens (including phenoxy) is 1. The molecule has 1 aromatic heterocycles. The fourth-order valence-electron chi connectivity index (χ4n) is 1.72. The molecule has 0 radical (unpaired) electrons. The fourth-order valence-corrected chi connectivity index (χ4v) is 1.72. The summed E-state index contributed by atoms with van der Waals surface area (Å²) in [4.78, 5) is 15.6. The van der Waals surface area contributed by atoms with Crippen LogP contribution >= 0.6 is 0 Å². The summed E-state index contributed by atoms with van der Waals surface area (Å²) in [5.41, 5.74) is 6.94. The molecule has 0 saturated heterocycles. The molecule has 2 rings (SSSR count). The minimum Gasteiger partial charge on any atom is -0.481 e. The minimum atomic E-state index is -0.587. The van der Waals surface area contributed by atoms with Gasteiger partial charge in [-0.15, -0.1) is 0 Å². The molecule has 1 amide bonds. The van der Waals surface area contributed by atoms with Crippen LogP contribution in [0.25, 0.3) is 0 Å². The molecule has 5 nitrogen and oxygen atoms in total.